The quantitative estimate of drug-likeness (QED) is 0.769. The van der Waals surface area contributed by atoms with Crippen LogP contribution in [0.3, 0.4) is 0 Å². The molecular formula is C11H9ClN2O2. The lowest BCUT2D eigenvalue weighted by Crippen LogP contribution is -1.90. The second-order valence-corrected chi connectivity index (χ2v) is 3.28. The molecular weight excluding hydrogens is 228 g/mol. The Balaban J connectivity index is 2.20. The van der Waals surface area contributed by atoms with Crippen LogP contribution in [0.2, 0.25) is 5.28 Å². The van der Waals surface area contributed by atoms with Crippen molar-refractivity contribution in [1.29, 1.82) is 0 Å². The number of hydrogen-bond acceptors (Lipinski definition) is 4. The summed E-state index contributed by atoms with van der Waals surface area (Å²) in [6, 6.07) is 8.86. The van der Waals surface area contributed by atoms with Gasteiger partial charge in [-0.05, 0) is 23.7 Å². The van der Waals surface area contributed by atoms with Crippen LogP contribution in [-0.2, 0) is 0 Å². The van der Waals surface area contributed by atoms with Crippen molar-refractivity contribution in [2.45, 2.75) is 0 Å². The number of halogens is 1. The van der Waals surface area contributed by atoms with E-state index in [-0.39, 0.29) is 5.28 Å². The Morgan fingerprint density at radius 2 is 2.00 bits per heavy atom. The van der Waals surface area contributed by atoms with Gasteiger partial charge in [-0.25, -0.2) is 4.98 Å². The third-order valence-electron chi connectivity index (χ3n) is 1.86. The number of methoxy groups -OCH3 is 1. The predicted octanol–water partition coefficient (Wildman–Crippen LogP) is 2.93. The molecule has 0 atom stereocenters. The van der Waals surface area contributed by atoms with Crippen molar-refractivity contribution in [3.05, 3.63) is 41.8 Å². The molecule has 5 heteroatoms. The smallest absolute Gasteiger partial charge is 0.225 e. The van der Waals surface area contributed by atoms with E-state index in [1.807, 2.05) is 12.1 Å². The van der Waals surface area contributed by atoms with Crippen LogP contribution in [0.5, 0.6) is 17.4 Å². The summed E-state index contributed by atoms with van der Waals surface area (Å²) in [5.74, 6) is 1.75. The third kappa shape index (κ3) is 2.61. The fourth-order valence-corrected chi connectivity index (χ4v) is 1.30. The SMILES string of the molecule is COc1cccc(Oc2ccnc(Cl)n2)c1. The van der Waals surface area contributed by atoms with E-state index in [9.17, 15) is 0 Å². The van der Waals surface area contributed by atoms with Crippen LogP contribution in [0.4, 0.5) is 0 Å². The van der Waals surface area contributed by atoms with Crippen molar-refractivity contribution < 1.29 is 9.47 Å². The lowest BCUT2D eigenvalue weighted by molar-refractivity contribution is 0.407. The molecule has 0 amide bonds. The van der Waals surface area contributed by atoms with E-state index in [1.165, 1.54) is 6.20 Å². The molecule has 0 saturated carbocycles. The Labute approximate surface area is 97.8 Å². The van der Waals surface area contributed by atoms with Gasteiger partial charge in [0, 0.05) is 18.3 Å². The highest BCUT2D eigenvalue weighted by molar-refractivity contribution is 6.28. The standard InChI is InChI=1S/C11H9ClN2O2/c1-15-8-3-2-4-9(7-8)16-10-5-6-13-11(12)14-10/h2-7H,1H3. The molecule has 0 N–H and O–H groups in total. The van der Waals surface area contributed by atoms with E-state index >= 15 is 0 Å². The summed E-state index contributed by atoms with van der Waals surface area (Å²) in [5, 5.41) is 0.153. The molecule has 0 aliphatic carbocycles. The Morgan fingerprint density at radius 3 is 2.75 bits per heavy atom. The molecule has 0 unspecified atom stereocenters. The second kappa shape index (κ2) is 4.81. The van der Waals surface area contributed by atoms with Crippen LogP contribution in [0, 0.1) is 0 Å². The Bertz CT molecular complexity index is 491. The summed E-state index contributed by atoms with van der Waals surface area (Å²) in [6.07, 6.45) is 1.53. The van der Waals surface area contributed by atoms with Gasteiger partial charge in [0.15, 0.2) is 0 Å². The minimum atomic E-state index is 0.153. The molecule has 2 rings (SSSR count). The van der Waals surface area contributed by atoms with Crippen molar-refractivity contribution in [2.24, 2.45) is 0 Å². The van der Waals surface area contributed by atoms with E-state index in [0.717, 1.165) is 5.75 Å². The van der Waals surface area contributed by atoms with Crippen LogP contribution in [-0.4, -0.2) is 17.1 Å². The Morgan fingerprint density at radius 1 is 1.19 bits per heavy atom. The highest BCUT2D eigenvalue weighted by atomic mass is 35.5. The maximum Gasteiger partial charge on any atom is 0.225 e. The van der Waals surface area contributed by atoms with Gasteiger partial charge < -0.3 is 9.47 Å². The molecule has 16 heavy (non-hydrogen) atoms. The van der Waals surface area contributed by atoms with Gasteiger partial charge in [0.05, 0.1) is 7.11 Å². The highest BCUT2D eigenvalue weighted by Crippen LogP contribution is 2.23. The Hall–Kier alpha value is -1.81. The first-order chi connectivity index (χ1) is 7.78. The van der Waals surface area contributed by atoms with Gasteiger partial charge >= 0.3 is 0 Å². The van der Waals surface area contributed by atoms with Crippen molar-refractivity contribution >= 4 is 11.6 Å². The van der Waals surface area contributed by atoms with Gasteiger partial charge in [0.1, 0.15) is 11.5 Å². The zero-order valence-corrected chi connectivity index (χ0v) is 9.31. The lowest BCUT2D eigenvalue weighted by Gasteiger charge is -2.05. The second-order valence-electron chi connectivity index (χ2n) is 2.94. The minimum absolute atomic E-state index is 0.153. The van der Waals surface area contributed by atoms with E-state index < -0.39 is 0 Å². The summed E-state index contributed by atoms with van der Waals surface area (Å²) in [4.78, 5) is 7.68. The monoisotopic (exact) mass is 236 g/mol. The molecule has 1 aromatic heterocycles. The minimum Gasteiger partial charge on any atom is -0.497 e. The molecule has 1 heterocycles. The average molecular weight is 237 g/mol. The van der Waals surface area contributed by atoms with Gasteiger partial charge in [0.25, 0.3) is 0 Å². The fourth-order valence-electron chi connectivity index (χ4n) is 1.16. The van der Waals surface area contributed by atoms with E-state index in [4.69, 9.17) is 21.1 Å². The average Bonchev–Trinajstić information content (AvgIpc) is 2.29. The molecule has 0 saturated heterocycles. The molecule has 0 radical (unpaired) electrons. The fraction of sp³-hybridized carbons (Fsp3) is 0.0909. The summed E-state index contributed by atoms with van der Waals surface area (Å²) in [7, 11) is 1.60. The molecule has 0 bridgehead atoms. The molecule has 0 aliphatic rings. The van der Waals surface area contributed by atoms with Crippen LogP contribution < -0.4 is 9.47 Å². The number of rotatable bonds is 3. The number of ether oxygens (including phenoxy) is 2. The zero-order chi connectivity index (χ0) is 11.4. The molecule has 0 fully saturated rings. The number of aromatic nitrogens is 2. The third-order valence-corrected chi connectivity index (χ3v) is 2.05. The van der Waals surface area contributed by atoms with E-state index in [0.29, 0.717) is 11.6 Å². The van der Waals surface area contributed by atoms with Crippen molar-refractivity contribution in [2.75, 3.05) is 7.11 Å². The van der Waals surface area contributed by atoms with E-state index in [1.54, 1.807) is 25.3 Å². The molecule has 1 aromatic carbocycles. The maximum absolute atomic E-state index is 5.64. The normalized spacial score (nSPS) is 9.88. The summed E-state index contributed by atoms with van der Waals surface area (Å²) in [5.41, 5.74) is 0. The van der Waals surface area contributed by atoms with Crippen molar-refractivity contribution in [3.8, 4) is 17.4 Å². The van der Waals surface area contributed by atoms with Crippen LogP contribution in [0.15, 0.2) is 36.5 Å². The summed E-state index contributed by atoms with van der Waals surface area (Å²) < 4.78 is 10.6. The van der Waals surface area contributed by atoms with Crippen LogP contribution >= 0.6 is 11.6 Å². The largest absolute Gasteiger partial charge is 0.497 e. The summed E-state index contributed by atoms with van der Waals surface area (Å²) >= 11 is 5.64. The van der Waals surface area contributed by atoms with Crippen LogP contribution in [0.25, 0.3) is 0 Å². The van der Waals surface area contributed by atoms with Gasteiger partial charge in [-0.2, -0.15) is 4.98 Å². The highest BCUT2D eigenvalue weighted by Gasteiger charge is 2.01. The van der Waals surface area contributed by atoms with Gasteiger partial charge in [-0.15, -0.1) is 0 Å². The molecule has 0 aliphatic heterocycles. The first-order valence-electron chi connectivity index (χ1n) is 4.58. The molecule has 82 valence electrons. The van der Waals surface area contributed by atoms with Crippen molar-refractivity contribution in [3.63, 3.8) is 0 Å². The first kappa shape index (κ1) is 10.7. The number of hydrogen-bond donors (Lipinski definition) is 0. The maximum atomic E-state index is 5.64. The first-order valence-corrected chi connectivity index (χ1v) is 4.96. The van der Waals surface area contributed by atoms with Gasteiger partial charge in [-0.1, -0.05) is 6.07 Å². The van der Waals surface area contributed by atoms with Gasteiger partial charge in [-0.3, -0.25) is 0 Å². The predicted molar refractivity (Wildman–Crippen MR) is 60.1 cm³/mol. The number of nitrogens with zero attached hydrogens (tertiary/aromatic N) is 2. The van der Waals surface area contributed by atoms with Gasteiger partial charge in [0.2, 0.25) is 11.2 Å². The number of benzene rings is 1. The molecule has 2 aromatic rings. The summed E-state index contributed by atoms with van der Waals surface area (Å²) in [6.45, 7) is 0. The van der Waals surface area contributed by atoms with E-state index in [2.05, 4.69) is 9.97 Å². The Kier molecular flexibility index (Phi) is 3.22. The van der Waals surface area contributed by atoms with Crippen molar-refractivity contribution in [1.82, 2.24) is 9.97 Å². The molecule has 4 nitrogen and oxygen atoms in total. The zero-order valence-electron chi connectivity index (χ0n) is 8.55. The molecule has 0 spiro atoms. The topological polar surface area (TPSA) is 44.2 Å². The van der Waals surface area contributed by atoms with Crippen LogP contribution in [0.1, 0.15) is 0 Å². The lowest BCUT2D eigenvalue weighted by atomic mass is 10.3.